The Morgan fingerprint density at radius 3 is 2.48 bits per heavy atom. The second kappa shape index (κ2) is 10.5. The van der Waals surface area contributed by atoms with Gasteiger partial charge in [-0.25, -0.2) is 0 Å². The van der Waals surface area contributed by atoms with Gasteiger partial charge in [0.05, 0.1) is 18.4 Å². The van der Waals surface area contributed by atoms with E-state index in [0.29, 0.717) is 5.92 Å². The average molecular weight is 423 g/mol. The fourth-order valence-corrected chi connectivity index (χ4v) is 5.50. The molecule has 0 radical (unpaired) electrons. The number of hydrogen-bond donors (Lipinski definition) is 1. The van der Waals surface area contributed by atoms with Crippen LogP contribution in [-0.2, 0) is 6.42 Å². The minimum absolute atomic E-state index is 0.398. The number of rotatable bonds is 8. The zero-order valence-electron chi connectivity index (χ0n) is 19.0. The molecular formula is C27H38N2O2. The lowest BCUT2D eigenvalue weighted by atomic mass is 9.72. The van der Waals surface area contributed by atoms with Crippen LogP contribution in [0.4, 0.5) is 5.69 Å². The maximum Gasteiger partial charge on any atom is 0.142 e. The first kappa shape index (κ1) is 22.2. The van der Waals surface area contributed by atoms with Gasteiger partial charge in [-0.1, -0.05) is 55.3 Å². The number of para-hydroxylation sites is 2. The summed E-state index contributed by atoms with van der Waals surface area (Å²) in [6.07, 6.45) is 7.61. The Bertz CT molecular complexity index is 804. The van der Waals surface area contributed by atoms with E-state index in [0.717, 1.165) is 70.6 Å². The molecule has 0 spiro atoms. The van der Waals surface area contributed by atoms with Crippen LogP contribution in [0.25, 0.3) is 0 Å². The van der Waals surface area contributed by atoms with Gasteiger partial charge in [-0.2, -0.15) is 0 Å². The molecule has 0 amide bonds. The van der Waals surface area contributed by atoms with Crippen molar-refractivity contribution in [3.63, 3.8) is 0 Å². The normalized spacial score (nSPS) is 24.8. The fourth-order valence-electron chi connectivity index (χ4n) is 5.50. The van der Waals surface area contributed by atoms with E-state index in [4.69, 9.17) is 4.74 Å². The molecule has 1 saturated carbocycles. The molecule has 1 N–H and O–H groups in total. The summed E-state index contributed by atoms with van der Waals surface area (Å²) in [5, 5.41) is 11.6. The van der Waals surface area contributed by atoms with Gasteiger partial charge in [0.1, 0.15) is 5.75 Å². The van der Waals surface area contributed by atoms with Crippen LogP contribution in [0.5, 0.6) is 5.75 Å². The van der Waals surface area contributed by atoms with E-state index >= 15 is 0 Å². The Labute approximate surface area is 187 Å². The molecule has 4 rings (SSSR count). The first-order valence-electron chi connectivity index (χ1n) is 12.0. The first-order valence-corrected chi connectivity index (χ1v) is 12.0. The van der Waals surface area contributed by atoms with Gasteiger partial charge in [0, 0.05) is 38.6 Å². The number of nitrogens with zero attached hydrogens (tertiary/aromatic N) is 2. The molecule has 2 unspecified atom stereocenters. The Morgan fingerprint density at radius 1 is 0.968 bits per heavy atom. The van der Waals surface area contributed by atoms with Gasteiger partial charge >= 0.3 is 0 Å². The van der Waals surface area contributed by atoms with E-state index in [1.165, 1.54) is 24.1 Å². The number of benzene rings is 2. The third-order valence-electron chi connectivity index (χ3n) is 7.37. The Morgan fingerprint density at radius 2 is 1.71 bits per heavy atom. The SMILES string of the molecule is COc1ccccc1N1CCN(CC2CCCCC2(O)CCCc2ccccc2)CC1. The van der Waals surface area contributed by atoms with Crippen molar-refractivity contribution in [2.75, 3.05) is 44.7 Å². The highest BCUT2D eigenvalue weighted by molar-refractivity contribution is 5.58. The number of ether oxygens (including phenoxy) is 1. The monoisotopic (exact) mass is 422 g/mol. The van der Waals surface area contributed by atoms with E-state index in [2.05, 4.69) is 52.3 Å². The van der Waals surface area contributed by atoms with Crippen molar-refractivity contribution < 1.29 is 9.84 Å². The van der Waals surface area contributed by atoms with Crippen molar-refractivity contribution in [3.8, 4) is 5.75 Å². The topological polar surface area (TPSA) is 35.9 Å². The molecule has 2 aromatic rings. The lowest BCUT2D eigenvalue weighted by molar-refractivity contribution is -0.0671. The molecule has 31 heavy (non-hydrogen) atoms. The molecule has 1 aliphatic carbocycles. The van der Waals surface area contributed by atoms with Gasteiger partial charge in [0.15, 0.2) is 0 Å². The van der Waals surface area contributed by atoms with Crippen LogP contribution in [0.15, 0.2) is 54.6 Å². The third-order valence-corrected chi connectivity index (χ3v) is 7.37. The summed E-state index contributed by atoms with van der Waals surface area (Å²) in [6.45, 7) is 5.16. The number of aliphatic hydroxyl groups is 1. The number of anilines is 1. The highest BCUT2D eigenvalue weighted by Gasteiger charge is 2.39. The van der Waals surface area contributed by atoms with Crippen LogP contribution < -0.4 is 9.64 Å². The molecule has 0 bridgehead atoms. The molecular weight excluding hydrogens is 384 g/mol. The zero-order chi connectivity index (χ0) is 21.5. The molecule has 2 aromatic carbocycles. The summed E-state index contributed by atoms with van der Waals surface area (Å²) in [4.78, 5) is 5.01. The van der Waals surface area contributed by atoms with Gasteiger partial charge < -0.3 is 14.7 Å². The molecule has 2 atom stereocenters. The number of hydrogen-bond acceptors (Lipinski definition) is 4. The van der Waals surface area contributed by atoms with Crippen LogP contribution in [0.2, 0.25) is 0 Å². The predicted molar refractivity (Wildman–Crippen MR) is 128 cm³/mol. The standard InChI is InChI=1S/C27H38N2O2/c1-31-26-15-6-5-14-25(26)29-20-18-28(19-21-29)22-24-13-7-8-16-27(24,30)17-9-12-23-10-3-2-4-11-23/h2-6,10-11,14-15,24,30H,7-9,12-13,16-22H2,1H3. The molecule has 2 fully saturated rings. The van der Waals surface area contributed by atoms with Crippen LogP contribution in [0, 0.1) is 5.92 Å². The van der Waals surface area contributed by atoms with Crippen LogP contribution in [-0.4, -0.2) is 55.4 Å². The van der Waals surface area contributed by atoms with E-state index < -0.39 is 5.60 Å². The van der Waals surface area contributed by atoms with Crippen LogP contribution in [0.1, 0.15) is 44.1 Å². The smallest absolute Gasteiger partial charge is 0.142 e. The molecule has 1 saturated heterocycles. The lowest BCUT2D eigenvalue weighted by Crippen LogP contribution is -2.52. The molecule has 0 aromatic heterocycles. The lowest BCUT2D eigenvalue weighted by Gasteiger charge is -2.44. The fraction of sp³-hybridized carbons (Fsp3) is 0.556. The van der Waals surface area contributed by atoms with Crippen molar-refractivity contribution in [2.45, 2.75) is 50.5 Å². The Kier molecular flexibility index (Phi) is 7.52. The van der Waals surface area contributed by atoms with Crippen molar-refractivity contribution >= 4 is 5.69 Å². The minimum atomic E-state index is -0.493. The quantitative estimate of drug-likeness (QED) is 0.665. The average Bonchev–Trinajstić information content (AvgIpc) is 2.82. The summed E-state index contributed by atoms with van der Waals surface area (Å²) >= 11 is 0. The van der Waals surface area contributed by atoms with Gasteiger partial charge in [0.25, 0.3) is 0 Å². The van der Waals surface area contributed by atoms with Gasteiger partial charge in [-0.15, -0.1) is 0 Å². The molecule has 1 aliphatic heterocycles. The summed E-state index contributed by atoms with van der Waals surface area (Å²) < 4.78 is 5.56. The van der Waals surface area contributed by atoms with Crippen molar-refractivity contribution in [2.24, 2.45) is 5.92 Å². The highest BCUT2D eigenvalue weighted by Crippen LogP contribution is 2.38. The number of aryl methyl sites for hydroxylation is 1. The second-order valence-corrected chi connectivity index (χ2v) is 9.34. The molecule has 4 heteroatoms. The second-order valence-electron chi connectivity index (χ2n) is 9.34. The summed E-state index contributed by atoms with van der Waals surface area (Å²) in [6, 6.07) is 19.0. The summed E-state index contributed by atoms with van der Waals surface area (Å²) in [7, 11) is 1.75. The van der Waals surface area contributed by atoms with E-state index in [9.17, 15) is 5.11 Å². The third kappa shape index (κ3) is 5.61. The highest BCUT2D eigenvalue weighted by atomic mass is 16.5. The number of methoxy groups -OCH3 is 1. The maximum absolute atomic E-state index is 11.6. The minimum Gasteiger partial charge on any atom is -0.495 e. The molecule has 2 aliphatic rings. The molecule has 4 nitrogen and oxygen atoms in total. The number of piperazine rings is 1. The summed E-state index contributed by atoms with van der Waals surface area (Å²) in [5.41, 5.74) is 2.08. The van der Waals surface area contributed by atoms with Gasteiger partial charge in [0.2, 0.25) is 0 Å². The van der Waals surface area contributed by atoms with Crippen LogP contribution in [0.3, 0.4) is 0 Å². The van der Waals surface area contributed by atoms with Crippen molar-refractivity contribution in [1.29, 1.82) is 0 Å². The predicted octanol–water partition coefficient (Wildman–Crippen LogP) is 4.76. The van der Waals surface area contributed by atoms with E-state index in [1.54, 1.807) is 7.11 Å². The Hall–Kier alpha value is -2.04. The molecule has 1 heterocycles. The van der Waals surface area contributed by atoms with Crippen LogP contribution >= 0.6 is 0 Å². The van der Waals surface area contributed by atoms with Gasteiger partial charge in [-0.3, -0.25) is 4.90 Å². The Balaban J connectivity index is 1.30. The van der Waals surface area contributed by atoms with Crippen molar-refractivity contribution in [1.82, 2.24) is 4.90 Å². The molecule has 168 valence electrons. The zero-order valence-corrected chi connectivity index (χ0v) is 19.0. The maximum atomic E-state index is 11.6. The van der Waals surface area contributed by atoms with E-state index in [1.807, 2.05) is 12.1 Å². The van der Waals surface area contributed by atoms with Gasteiger partial charge in [-0.05, 0) is 49.8 Å². The first-order chi connectivity index (χ1) is 15.2. The van der Waals surface area contributed by atoms with E-state index in [-0.39, 0.29) is 0 Å². The van der Waals surface area contributed by atoms with Crippen molar-refractivity contribution in [3.05, 3.63) is 60.2 Å². The largest absolute Gasteiger partial charge is 0.495 e. The summed E-state index contributed by atoms with van der Waals surface area (Å²) in [5.74, 6) is 1.35.